The summed E-state index contributed by atoms with van der Waals surface area (Å²) in [5.74, 6) is 0.616. The molecule has 3 rings (SSSR count). The van der Waals surface area contributed by atoms with Gasteiger partial charge in [-0.3, -0.25) is 14.9 Å². The SMILES string of the molecule is O=C(N/N=C/c1cc2c(cc1[N+](=O)[O-])OCO2)C1CC1. The van der Waals surface area contributed by atoms with E-state index in [-0.39, 0.29) is 29.9 Å². The van der Waals surface area contributed by atoms with Gasteiger partial charge < -0.3 is 9.47 Å². The van der Waals surface area contributed by atoms with Crippen molar-refractivity contribution in [3.63, 3.8) is 0 Å². The van der Waals surface area contributed by atoms with E-state index < -0.39 is 4.92 Å². The van der Waals surface area contributed by atoms with Gasteiger partial charge in [-0.05, 0) is 18.9 Å². The van der Waals surface area contributed by atoms with Crippen LogP contribution in [0.15, 0.2) is 17.2 Å². The molecule has 104 valence electrons. The molecule has 8 nitrogen and oxygen atoms in total. The average molecular weight is 277 g/mol. The number of nitro benzene ring substituents is 1. The lowest BCUT2D eigenvalue weighted by molar-refractivity contribution is -0.385. The van der Waals surface area contributed by atoms with E-state index in [1.165, 1.54) is 18.3 Å². The van der Waals surface area contributed by atoms with E-state index >= 15 is 0 Å². The number of carbonyl (C=O) groups is 1. The Morgan fingerprint density at radius 1 is 1.40 bits per heavy atom. The molecule has 0 saturated heterocycles. The van der Waals surface area contributed by atoms with E-state index in [0.29, 0.717) is 11.5 Å². The Labute approximate surface area is 113 Å². The highest BCUT2D eigenvalue weighted by Crippen LogP contribution is 2.37. The number of carbonyl (C=O) groups excluding carboxylic acids is 1. The zero-order valence-corrected chi connectivity index (χ0v) is 10.4. The third-order valence-electron chi connectivity index (χ3n) is 3.05. The van der Waals surface area contributed by atoms with Crippen molar-refractivity contribution < 1.29 is 19.2 Å². The highest BCUT2D eigenvalue weighted by molar-refractivity contribution is 5.88. The molecule has 8 heteroatoms. The van der Waals surface area contributed by atoms with Crippen LogP contribution in [0.1, 0.15) is 18.4 Å². The molecule has 1 fully saturated rings. The molecule has 1 heterocycles. The summed E-state index contributed by atoms with van der Waals surface area (Å²) in [4.78, 5) is 21.9. The summed E-state index contributed by atoms with van der Waals surface area (Å²) in [7, 11) is 0. The predicted octanol–water partition coefficient (Wildman–Crippen LogP) is 1.18. The quantitative estimate of drug-likeness (QED) is 0.505. The molecule has 1 saturated carbocycles. The minimum absolute atomic E-state index is 0.0267. The summed E-state index contributed by atoms with van der Waals surface area (Å²) in [6, 6.07) is 2.75. The van der Waals surface area contributed by atoms with Crippen LogP contribution < -0.4 is 14.9 Å². The molecule has 2 aliphatic rings. The summed E-state index contributed by atoms with van der Waals surface area (Å²) in [5.41, 5.74) is 2.45. The summed E-state index contributed by atoms with van der Waals surface area (Å²) < 4.78 is 10.2. The van der Waals surface area contributed by atoms with Crippen molar-refractivity contribution in [3.05, 3.63) is 27.8 Å². The van der Waals surface area contributed by atoms with E-state index in [1.54, 1.807) is 0 Å². The first-order chi connectivity index (χ1) is 9.65. The van der Waals surface area contributed by atoms with Crippen LogP contribution in [0.25, 0.3) is 0 Å². The van der Waals surface area contributed by atoms with Gasteiger partial charge in [0.15, 0.2) is 11.5 Å². The second kappa shape index (κ2) is 4.80. The van der Waals surface area contributed by atoms with Crippen molar-refractivity contribution >= 4 is 17.8 Å². The number of nitrogens with zero attached hydrogens (tertiary/aromatic N) is 2. The molecule has 0 radical (unpaired) electrons. The topological polar surface area (TPSA) is 103 Å². The molecule has 1 aliphatic carbocycles. The molecule has 20 heavy (non-hydrogen) atoms. The van der Waals surface area contributed by atoms with Crippen molar-refractivity contribution in [2.75, 3.05) is 6.79 Å². The molecule has 1 amide bonds. The van der Waals surface area contributed by atoms with Crippen molar-refractivity contribution in [1.29, 1.82) is 0 Å². The fourth-order valence-corrected chi connectivity index (χ4v) is 1.81. The maximum Gasteiger partial charge on any atom is 0.282 e. The van der Waals surface area contributed by atoms with Crippen LogP contribution in [0.5, 0.6) is 11.5 Å². The molecule has 1 aliphatic heterocycles. The highest BCUT2D eigenvalue weighted by atomic mass is 16.7. The van der Waals surface area contributed by atoms with E-state index in [4.69, 9.17) is 9.47 Å². The number of ether oxygens (including phenoxy) is 2. The van der Waals surface area contributed by atoms with Gasteiger partial charge in [0.05, 0.1) is 22.8 Å². The van der Waals surface area contributed by atoms with Gasteiger partial charge in [0.1, 0.15) is 0 Å². The Morgan fingerprint density at radius 3 is 2.75 bits per heavy atom. The number of nitrogens with one attached hydrogen (secondary N) is 1. The van der Waals surface area contributed by atoms with Gasteiger partial charge in [0, 0.05) is 5.92 Å². The lowest BCUT2D eigenvalue weighted by Crippen LogP contribution is -2.19. The minimum Gasteiger partial charge on any atom is -0.454 e. The molecule has 0 spiro atoms. The van der Waals surface area contributed by atoms with Crippen LogP contribution in [0.4, 0.5) is 5.69 Å². The Bertz CT molecular complexity index is 609. The van der Waals surface area contributed by atoms with Crippen LogP contribution in [-0.4, -0.2) is 23.8 Å². The Hall–Kier alpha value is -2.64. The molecule has 0 atom stereocenters. The number of hydrogen-bond acceptors (Lipinski definition) is 6. The number of rotatable bonds is 4. The number of hydrogen-bond donors (Lipinski definition) is 1. The standard InChI is InChI=1S/C12H11N3O5/c16-12(7-1-2-7)14-13-5-8-3-10-11(20-6-19-10)4-9(8)15(17)18/h3-5,7H,1-2,6H2,(H,14,16)/b13-5+. The van der Waals surface area contributed by atoms with Crippen molar-refractivity contribution in [3.8, 4) is 11.5 Å². The number of hydrazone groups is 1. The van der Waals surface area contributed by atoms with Crippen molar-refractivity contribution in [2.45, 2.75) is 12.8 Å². The smallest absolute Gasteiger partial charge is 0.282 e. The fourth-order valence-electron chi connectivity index (χ4n) is 1.81. The zero-order valence-electron chi connectivity index (χ0n) is 10.4. The summed E-state index contributed by atoms with van der Waals surface area (Å²) in [5, 5.41) is 14.7. The largest absolute Gasteiger partial charge is 0.454 e. The second-order valence-electron chi connectivity index (χ2n) is 4.53. The maximum atomic E-state index is 11.4. The van der Waals surface area contributed by atoms with Gasteiger partial charge in [-0.2, -0.15) is 5.10 Å². The number of amides is 1. The molecular weight excluding hydrogens is 266 g/mol. The van der Waals surface area contributed by atoms with E-state index in [0.717, 1.165) is 12.8 Å². The van der Waals surface area contributed by atoms with Gasteiger partial charge in [-0.1, -0.05) is 0 Å². The Kier molecular flexibility index (Phi) is 2.97. The van der Waals surface area contributed by atoms with Gasteiger partial charge >= 0.3 is 0 Å². The van der Waals surface area contributed by atoms with Gasteiger partial charge in [0.2, 0.25) is 12.7 Å². The Morgan fingerprint density at radius 2 is 2.10 bits per heavy atom. The number of benzene rings is 1. The highest BCUT2D eigenvalue weighted by Gasteiger charge is 2.29. The second-order valence-corrected chi connectivity index (χ2v) is 4.53. The number of fused-ring (bicyclic) bond motifs is 1. The molecule has 1 aromatic carbocycles. The molecule has 0 bridgehead atoms. The van der Waals surface area contributed by atoms with Gasteiger partial charge in [-0.15, -0.1) is 0 Å². The summed E-state index contributed by atoms with van der Waals surface area (Å²) in [6.07, 6.45) is 2.97. The van der Waals surface area contributed by atoms with Crippen LogP contribution in [0, 0.1) is 16.0 Å². The van der Waals surface area contributed by atoms with Crippen molar-refractivity contribution in [1.82, 2.24) is 5.43 Å². The first-order valence-electron chi connectivity index (χ1n) is 6.06. The Balaban J connectivity index is 1.81. The zero-order chi connectivity index (χ0) is 14.1. The molecular formula is C12H11N3O5. The first-order valence-corrected chi connectivity index (χ1v) is 6.06. The molecule has 0 unspecified atom stereocenters. The van der Waals surface area contributed by atoms with E-state index in [1.807, 2.05) is 0 Å². The normalized spacial score (nSPS) is 16.4. The van der Waals surface area contributed by atoms with Crippen LogP contribution in [0.2, 0.25) is 0 Å². The van der Waals surface area contributed by atoms with Crippen LogP contribution in [-0.2, 0) is 4.79 Å². The average Bonchev–Trinajstić information content (AvgIpc) is 3.17. The van der Waals surface area contributed by atoms with Gasteiger partial charge in [-0.25, -0.2) is 5.43 Å². The lowest BCUT2D eigenvalue weighted by atomic mass is 10.1. The van der Waals surface area contributed by atoms with Crippen LogP contribution >= 0.6 is 0 Å². The third-order valence-corrected chi connectivity index (χ3v) is 3.05. The van der Waals surface area contributed by atoms with E-state index in [2.05, 4.69) is 10.5 Å². The predicted molar refractivity (Wildman–Crippen MR) is 67.7 cm³/mol. The fraction of sp³-hybridized carbons (Fsp3) is 0.333. The summed E-state index contributed by atoms with van der Waals surface area (Å²) >= 11 is 0. The molecule has 0 aromatic heterocycles. The monoisotopic (exact) mass is 277 g/mol. The number of nitro groups is 1. The van der Waals surface area contributed by atoms with Crippen molar-refractivity contribution in [2.24, 2.45) is 11.0 Å². The minimum atomic E-state index is -0.536. The third kappa shape index (κ3) is 2.40. The van der Waals surface area contributed by atoms with Gasteiger partial charge in [0.25, 0.3) is 5.69 Å². The van der Waals surface area contributed by atoms with Crippen LogP contribution in [0.3, 0.4) is 0 Å². The van der Waals surface area contributed by atoms with E-state index in [9.17, 15) is 14.9 Å². The first kappa shape index (κ1) is 12.4. The maximum absolute atomic E-state index is 11.4. The lowest BCUT2D eigenvalue weighted by Gasteiger charge is -2.01. The molecule has 1 N–H and O–H groups in total. The molecule has 1 aromatic rings. The summed E-state index contributed by atoms with van der Waals surface area (Å²) in [6.45, 7) is 0.0332.